The Morgan fingerprint density at radius 2 is 1.85 bits per heavy atom. The Morgan fingerprint density at radius 1 is 1.18 bits per heavy atom. The lowest BCUT2D eigenvalue weighted by atomic mass is 9.60. The van der Waals surface area contributed by atoms with E-state index in [4.69, 9.17) is 18.4 Å². The first-order valence-electron chi connectivity index (χ1n) is 11.4. The number of esters is 3. The van der Waals surface area contributed by atoms with Gasteiger partial charge in [0.15, 0.2) is 0 Å². The van der Waals surface area contributed by atoms with Gasteiger partial charge in [-0.2, -0.15) is 8.42 Å². The number of ether oxygens (including phenoxy) is 3. The Morgan fingerprint density at radius 3 is 2.41 bits per heavy atom. The zero-order chi connectivity index (χ0) is 25.3. The van der Waals surface area contributed by atoms with Gasteiger partial charge in [0.2, 0.25) is 0 Å². The van der Waals surface area contributed by atoms with Gasteiger partial charge in [0.1, 0.15) is 11.0 Å². The maximum atomic E-state index is 13.4. The standard InChI is InChI=1S/C24H32O9S/c1-13-11-23-12-24(13,32-14(2)25)10-9-16(23)15-7-8-17(33-34(6,28)29)22(3,21(27)31-5)18(15)19(23)20(26)30-4/h7,16-19H,1,8-12H2,2-6H3/t16?,17-,18?,19-,22-,23+,24+/m1/s1. The minimum Gasteiger partial charge on any atom is -0.469 e. The lowest BCUT2D eigenvalue weighted by molar-refractivity contribution is -0.170. The first kappa shape index (κ1) is 24.9. The fourth-order valence-electron chi connectivity index (χ4n) is 7.54. The molecule has 7 atom stereocenters. The summed E-state index contributed by atoms with van der Waals surface area (Å²) in [5, 5.41) is 0. The number of fused-ring (bicyclic) bond motifs is 3. The molecule has 4 rings (SSSR count). The van der Waals surface area contributed by atoms with Gasteiger partial charge in [0.25, 0.3) is 10.1 Å². The molecule has 0 saturated heterocycles. The Bertz CT molecular complexity index is 1090. The van der Waals surface area contributed by atoms with Crippen LogP contribution in [0, 0.1) is 28.6 Å². The molecule has 4 aliphatic carbocycles. The van der Waals surface area contributed by atoms with Crippen molar-refractivity contribution in [3.05, 3.63) is 23.8 Å². The van der Waals surface area contributed by atoms with Gasteiger partial charge >= 0.3 is 17.9 Å². The van der Waals surface area contributed by atoms with Crippen LogP contribution in [0.4, 0.5) is 0 Å². The van der Waals surface area contributed by atoms with Gasteiger partial charge in [0, 0.05) is 12.8 Å². The van der Waals surface area contributed by atoms with E-state index in [0.717, 1.165) is 17.4 Å². The lowest BCUT2D eigenvalue weighted by Gasteiger charge is -2.45. The minimum atomic E-state index is -3.90. The van der Waals surface area contributed by atoms with E-state index in [-0.39, 0.29) is 12.3 Å². The molecule has 188 valence electrons. The molecule has 0 aliphatic heterocycles. The van der Waals surface area contributed by atoms with Crippen molar-refractivity contribution in [3.63, 3.8) is 0 Å². The molecule has 0 aromatic heterocycles. The number of carbonyl (C=O) groups excluding carboxylic acids is 3. The minimum absolute atomic E-state index is 0.0762. The van der Waals surface area contributed by atoms with Crippen molar-refractivity contribution < 1.29 is 41.2 Å². The molecule has 0 aromatic carbocycles. The first-order valence-corrected chi connectivity index (χ1v) is 13.2. The second-order valence-electron chi connectivity index (χ2n) is 10.4. The van der Waals surface area contributed by atoms with Crippen LogP contribution in [0.1, 0.15) is 46.0 Å². The molecule has 0 aromatic rings. The molecule has 4 aliphatic rings. The number of hydrogen-bond acceptors (Lipinski definition) is 9. The molecule has 3 saturated carbocycles. The summed E-state index contributed by atoms with van der Waals surface area (Å²) < 4.78 is 45.8. The average Bonchev–Trinajstić information content (AvgIpc) is 3.14. The van der Waals surface area contributed by atoms with Gasteiger partial charge < -0.3 is 14.2 Å². The van der Waals surface area contributed by atoms with Crippen LogP contribution < -0.4 is 0 Å². The third-order valence-corrected chi connectivity index (χ3v) is 9.22. The Hall–Kier alpha value is -2.20. The third kappa shape index (κ3) is 3.36. The largest absolute Gasteiger partial charge is 0.469 e. The number of hydrogen-bond donors (Lipinski definition) is 0. The molecular formula is C24H32O9S. The van der Waals surface area contributed by atoms with Crippen molar-refractivity contribution in [2.24, 2.45) is 28.6 Å². The molecule has 0 N–H and O–H groups in total. The zero-order valence-electron chi connectivity index (χ0n) is 20.2. The van der Waals surface area contributed by atoms with E-state index in [1.807, 2.05) is 6.08 Å². The Kier molecular flexibility index (Phi) is 5.80. The second-order valence-corrected chi connectivity index (χ2v) is 12.0. The zero-order valence-corrected chi connectivity index (χ0v) is 21.0. The molecule has 9 nitrogen and oxygen atoms in total. The summed E-state index contributed by atoms with van der Waals surface area (Å²) in [4.78, 5) is 38.7. The molecule has 0 radical (unpaired) electrons. The van der Waals surface area contributed by atoms with E-state index in [1.165, 1.54) is 21.1 Å². The summed E-state index contributed by atoms with van der Waals surface area (Å²) in [6.45, 7) is 7.19. The molecular weight excluding hydrogens is 464 g/mol. The molecule has 34 heavy (non-hydrogen) atoms. The van der Waals surface area contributed by atoms with Gasteiger partial charge in [-0.1, -0.05) is 18.2 Å². The van der Waals surface area contributed by atoms with Crippen molar-refractivity contribution in [1.29, 1.82) is 0 Å². The fourth-order valence-corrected chi connectivity index (χ4v) is 8.24. The first-order chi connectivity index (χ1) is 15.8. The quantitative estimate of drug-likeness (QED) is 0.244. The smallest absolute Gasteiger partial charge is 0.314 e. The van der Waals surface area contributed by atoms with Crippen LogP contribution in [0.15, 0.2) is 23.8 Å². The van der Waals surface area contributed by atoms with E-state index in [9.17, 15) is 22.8 Å². The van der Waals surface area contributed by atoms with Gasteiger partial charge in [-0.05, 0) is 55.9 Å². The summed E-state index contributed by atoms with van der Waals surface area (Å²) in [6, 6.07) is 0. The molecule has 10 heteroatoms. The number of methoxy groups -OCH3 is 2. The van der Waals surface area contributed by atoms with E-state index in [2.05, 4.69) is 6.58 Å². The highest BCUT2D eigenvalue weighted by Crippen LogP contribution is 2.74. The predicted molar refractivity (Wildman–Crippen MR) is 120 cm³/mol. The van der Waals surface area contributed by atoms with E-state index >= 15 is 0 Å². The predicted octanol–water partition coefficient (Wildman–Crippen LogP) is 2.31. The lowest BCUT2D eigenvalue weighted by Crippen LogP contribution is -2.54. The molecule has 0 heterocycles. The van der Waals surface area contributed by atoms with Crippen molar-refractivity contribution in [3.8, 4) is 0 Å². The fraction of sp³-hybridized carbons (Fsp3) is 0.708. The van der Waals surface area contributed by atoms with E-state index in [1.54, 1.807) is 6.92 Å². The van der Waals surface area contributed by atoms with Gasteiger partial charge in [-0.3, -0.25) is 18.6 Å². The van der Waals surface area contributed by atoms with E-state index < -0.39 is 62.4 Å². The molecule has 1 spiro atoms. The van der Waals surface area contributed by atoms with Crippen molar-refractivity contribution in [2.45, 2.75) is 57.7 Å². The van der Waals surface area contributed by atoms with Crippen LogP contribution in [0.3, 0.4) is 0 Å². The molecule has 2 bridgehead atoms. The summed E-state index contributed by atoms with van der Waals surface area (Å²) in [6.07, 6.45) is 4.02. The highest BCUT2D eigenvalue weighted by molar-refractivity contribution is 7.86. The monoisotopic (exact) mass is 496 g/mol. The maximum absolute atomic E-state index is 13.4. The van der Waals surface area contributed by atoms with Gasteiger partial charge in [0.05, 0.1) is 32.5 Å². The summed E-state index contributed by atoms with van der Waals surface area (Å²) in [5.74, 6) is -3.13. The maximum Gasteiger partial charge on any atom is 0.314 e. The van der Waals surface area contributed by atoms with Crippen LogP contribution >= 0.6 is 0 Å². The Balaban J connectivity index is 1.91. The SMILES string of the molecule is C=C1C[C@]23C[C@@]1(OC(C)=O)CCC2C1=CC[C@@H](OS(C)(=O)=O)[C@@](C)(C(=O)OC)C1[C@@H]3C(=O)OC. The summed E-state index contributed by atoms with van der Waals surface area (Å²) in [7, 11) is -1.37. The third-order valence-electron chi connectivity index (χ3n) is 8.64. The summed E-state index contributed by atoms with van der Waals surface area (Å²) in [5.41, 5.74) is -1.33. The molecule has 3 fully saturated rings. The Labute approximate surface area is 200 Å². The van der Waals surface area contributed by atoms with Crippen LogP contribution in [-0.2, 0) is 42.9 Å². The van der Waals surface area contributed by atoms with Crippen molar-refractivity contribution >= 4 is 28.0 Å². The van der Waals surface area contributed by atoms with Crippen LogP contribution in [0.5, 0.6) is 0 Å². The average molecular weight is 497 g/mol. The van der Waals surface area contributed by atoms with Crippen LogP contribution in [0.25, 0.3) is 0 Å². The summed E-state index contributed by atoms with van der Waals surface area (Å²) >= 11 is 0. The number of carbonyl (C=O) groups is 3. The van der Waals surface area contributed by atoms with Crippen LogP contribution in [-0.4, -0.2) is 58.5 Å². The highest BCUT2D eigenvalue weighted by Gasteiger charge is 2.74. The molecule has 2 unspecified atom stereocenters. The molecule has 0 amide bonds. The number of allylic oxidation sites excluding steroid dienone is 1. The van der Waals surface area contributed by atoms with E-state index in [0.29, 0.717) is 25.7 Å². The normalized spacial score (nSPS) is 40.6. The highest BCUT2D eigenvalue weighted by atomic mass is 32.2. The van der Waals surface area contributed by atoms with Gasteiger partial charge in [-0.25, -0.2) is 0 Å². The van der Waals surface area contributed by atoms with Crippen molar-refractivity contribution in [2.75, 3.05) is 20.5 Å². The van der Waals surface area contributed by atoms with Crippen molar-refractivity contribution in [1.82, 2.24) is 0 Å². The van der Waals surface area contributed by atoms with Crippen LogP contribution in [0.2, 0.25) is 0 Å². The number of rotatable bonds is 5. The second kappa shape index (κ2) is 7.91. The van der Waals surface area contributed by atoms with Gasteiger partial charge in [-0.15, -0.1) is 0 Å². The topological polar surface area (TPSA) is 122 Å².